The highest BCUT2D eigenvalue weighted by Gasteiger charge is 2.35. The van der Waals surface area contributed by atoms with Gasteiger partial charge in [-0.3, -0.25) is 0 Å². The smallest absolute Gasteiger partial charge is 0.207 e. The van der Waals surface area contributed by atoms with E-state index in [0.717, 1.165) is 16.7 Å². The average Bonchev–Trinajstić information content (AvgIpc) is 2.45. The molecule has 0 N–H and O–H groups in total. The Balaban J connectivity index is 2.81. The van der Waals surface area contributed by atoms with Crippen molar-refractivity contribution in [3.63, 3.8) is 0 Å². The first kappa shape index (κ1) is 10.9. The molecule has 0 aromatic carbocycles. The van der Waals surface area contributed by atoms with Gasteiger partial charge in [-0.2, -0.15) is 13.2 Å². The summed E-state index contributed by atoms with van der Waals surface area (Å²) in [4.78, 5) is 7.27. The van der Waals surface area contributed by atoms with Gasteiger partial charge < -0.3 is 0 Å². The van der Waals surface area contributed by atoms with Gasteiger partial charge in [-0.25, -0.2) is 9.97 Å². The van der Waals surface area contributed by atoms with Crippen molar-refractivity contribution in [1.29, 1.82) is 0 Å². The first-order valence-electron chi connectivity index (χ1n) is 3.57. The molecule has 0 atom stereocenters. The molecule has 2 aromatic rings. The third-order valence-electron chi connectivity index (χ3n) is 1.67. The van der Waals surface area contributed by atoms with E-state index < -0.39 is 11.7 Å². The van der Waals surface area contributed by atoms with Crippen molar-refractivity contribution in [2.75, 3.05) is 0 Å². The van der Waals surface area contributed by atoms with Gasteiger partial charge in [0, 0.05) is 5.38 Å². The van der Waals surface area contributed by atoms with E-state index in [4.69, 9.17) is 23.2 Å². The van der Waals surface area contributed by atoms with Crippen LogP contribution in [0.2, 0.25) is 10.4 Å². The highest BCUT2D eigenvalue weighted by molar-refractivity contribution is 7.17. The minimum Gasteiger partial charge on any atom is -0.207 e. The quantitative estimate of drug-likeness (QED) is 0.535. The summed E-state index contributed by atoms with van der Waals surface area (Å²) in [6.07, 6.45) is -4.46. The Hall–Kier alpha value is -0.590. The van der Waals surface area contributed by atoms with Gasteiger partial charge in [-0.05, 0) is 11.6 Å². The maximum Gasteiger partial charge on any atom is 0.417 e. The van der Waals surface area contributed by atoms with Crippen LogP contribution in [0.4, 0.5) is 13.2 Å². The maximum atomic E-state index is 12.5. The number of fused-ring (bicyclic) bond motifs is 1. The third kappa shape index (κ3) is 1.89. The summed E-state index contributed by atoms with van der Waals surface area (Å²) >= 11 is 11.9. The zero-order valence-corrected chi connectivity index (χ0v) is 9.10. The fraction of sp³-hybridized carbons (Fsp3) is 0.143. The summed E-state index contributed by atoms with van der Waals surface area (Å²) in [5.41, 5.74) is -0.829. The van der Waals surface area contributed by atoms with Crippen LogP contribution in [0.3, 0.4) is 0 Å². The molecule has 0 bridgehead atoms. The summed E-state index contributed by atoms with van der Waals surface area (Å²) in [6.45, 7) is 0. The molecule has 80 valence electrons. The molecular formula is C7HCl2F3N2S. The molecule has 8 heteroatoms. The number of hydrogen-bond donors (Lipinski definition) is 0. The van der Waals surface area contributed by atoms with Crippen LogP contribution in [-0.2, 0) is 6.18 Å². The summed E-state index contributed by atoms with van der Waals surface area (Å²) < 4.78 is 37.5. The molecule has 15 heavy (non-hydrogen) atoms. The molecule has 2 nitrogen and oxygen atoms in total. The Kier molecular flexibility index (Phi) is 2.52. The third-order valence-corrected chi connectivity index (χ3v) is 2.98. The number of hydrogen-bond acceptors (Lipinski definition) is 3. The van der Waals surface area contributed by atoms with Gasteiger partial charge in [0.25, 0.3) is 0 Å². The lowest BCUT2D eigenvalue weighted by molar-refractivity contribution is -0.136. The molecule has 0 spiro atoms. The van der Waals surface area contributed by atoms with Crippen LogP contribution in [0.1, 0.15) is 5.56 Å². The normalized spacial score (nSPS) is 12.3. The largest absolute Gasteiger partial charge is 0.417 e. The van der Waals surface area contributed by atoms with Crippen molar-refractivity contribution >= 4 is 44.8 Å². The van der Waals surface area contributed by atoms with Gasteiger partial charge in [0.05, 0.1) is 10.9 Å². The number of nitrogens with zero attached hydrogens (tertiary/aromatic N) is 2. The Bertz CT molecular complexity index is 523. The summed E-state index contributed by atoms with van der Waals surface area (Å²) in [6, 6.07) is 0. The molecule has 2 rings (SSSR count). The first-order valence-corrected chi connectivity index (χ1v) is 5.20. The first-order chi connectivity index (χ1) is 6.89. The number of aromatic nitrogens is 2. The monoisotopic (exact) mass is 272 g/mol. The molecule has 0 unspecified atom stereocenters. The lowest BCUT2D eigenvalue weighted by Crippen LogP contribution is -2.03. The van der Waals surface area contributed by atoms with Gasteiger partial charge in [-0.15, -0.1) is 11.3 Å². The molecule has 2 heterocycles. The summed E-state index contributed by atoms with van der Waals surface area (Å²) in [5, 5.41) is 0.307. The second kappa shape index (κ2) is 3.47. The molecule has 0 aliphatic rings. The lowest BCUT2D eigenvalue weighted by Gasteiger charge is -2.04. The number of rotatable bonds is 0. The summed E-state index contributed by atoms with van der Waals surface area (Å²) in [5.74, 6) is 0. The molecular weight excluding hydrogens is 272 g/mol. The fourth-order valence-corrected chi connectivity index (χ4v) is 2.62. The van der Waals surface area contributed by atoms with Gasteiger partial charge in [0.1, 0.15) is 9.98 Å². The topological polar surface area (TPSA) is 25.8 Å². The van der Waals surface area contributed by atoms with E-state index in [1.807, 2.05) is 0 Å². The molecule has 0 fully saturated rings. The van der Waals surface area contributed by atoms with E-state index in [2.05, 4.69) is 9.97 Å². The Morgan fingerprint density at radius 2 is 1.87 bits per heavy atom. The van der Waals surface area contributed by atoms with Gasteiger partial charge in [-0.1, -0.05) is 11.6 Å². The molecule has 2 aromatic heterocycles. The predicted molar refractivity (Wildman–Crippen MR) is 52.4 cm³/mol. The van der Waals surface area contributed by atoms with Crippen LogP contribution < -0.4 is 0 Å². The number of halogens is 5. The minimum atomic E-state index is -4.46. The molecule has 0 saturated carbocycles. The van der Waals surface area contributed by atoms with Crippen molar-refractivity contribution in [2.24, 2.45) is 0 Å². The van der Waals surface area contributed by atoms with E-state index in [-0.39, 0.29) is 20.7 Å². The Morgan fingerprint density at radius 3 is 2.47 bits per heavy atom. The lowest BCUT2D eigenvalue weighted by atomic mass is 10.2. The van der Waals surface area contributed by atoms with E-state index in [0.29, 0.717) is 0 Å². The van der Waals surface area contributed by atoms with Crippen LogP contribution >= 0.6 is 34.5 Å². The maximum absolute atomic E-state index is 12.5. The fourth-order valence-electron chi connectivity index (χ4n) is 1.08. The molecule has 0 saturated heterocycles. The van der Waals surface area contributed by atoms with Crippen LogP contribution in [0.5, 0.6) is 0 Å². The highest BCUT2D eigenvalue weighted by atomic mass is 35.5. The van der Waals surface area contributed by atoms with E-state index >= 15 is 0 Å². The van der Waals surface area contributed by atoms with Gasteiger partial charge >= 0.3 is 6.18 Å². The van der Waals surface area contributed by atoms with Gasteiger partial charge in [0.2, 0.25) is 5.28 Å². The zero-order valence-electron chi connectivity index (χ0n) is 6.77. The highest BCUT2D eigenvalue weighted by Crippen LogP contribution is 2.40. The molecule has 0 aliphatic heterocycles. The van der Waals surface area contributed by atoms with E-state index in [1.165, 1.54) is 0 Å². The standard InChI is InChI=1S/C7HCl2F3N2S/c8-4-3-2(7(10,11)12)1-15-5(3)14-6(9)13-4/h1H. The number of alkyl halides is 3. The van der Waals surface area contributed by atoms with Crippen LogP contribution in [0.25, 0.3) is 10.2 Å². The SMILES string of the molecule is FC(F)(F)c1csc2nc(Cl)nc(Cl)c12. The van der Waals surface area contributed by atoms with Crippen molar-refractivity contribution in [2.45, 2.75) is 6.18 Å². The van der Waals surface area contributed by atoms with Crippen LogP contribution in [0, 0.1) is 0 Å². The average molecular weight is 273 g/mol. The zero-order chi connectivity index (χ0) is 11.2. The second-order valence-electron chi connectivity index (χ2n) is 2.61. The predicted octanol–water partition coefficient (Wildman–Crippen LogP) is 4.02. The number of thiophene rings is 1. The van der Waals surface area contributed by atoms with E-state index in [1.54, 1.807) is 0 Å². The van der Waals surface area contributed by atoms with Crippen molar-refractivity contribution in [3.8, 4) is 0 Å². The Morgan fingerprint density at radius 1 is 1.20 bits per heavy atom. The van der Waals surface area contributed by atoms with Crippen LogP contribution in [-0.4, -0.2) is 9.97 Å². The minimum absolute atomic E-state index is 0.132. The van der Waals surface area contributed by atoms with Crippen LogP contribution in [0.15, 0.2) is 5.38 Å². The molecule has 0 amide bonds. The van der Waals surface area contributed by atoms with Crippen molar-refractivity contribution < 1.29 is 13.2 Å². The van der Waals surface area contributed by atoms with Crippen molar-refractivity contribution in [1.82, 2.24) is 9.97 Å². The Labute approximate surface area is 95.7 Å². The van der Waals surface area contributed by atoms with Crippen molar-refractivity contribution in [3.05, 3.63) is 21.4 Å². The molecule has 0 aliphatic carbocycles. The van der Waals surface area contributed by atoms with Gasteiger partial charge in [0.15, 0.2) is 0 Å². The second-order valence-corrected chi connectivity index (χ2v) is 4.16. The van der Waals surface area contributed by atoms with E-state index in [9.17, 15) is 13.2 Å². The molecule has 0 radical (unpaired) electrons. The summed E-state index contributed by atoms with van der Waals surface area (Å²) in [7, 11) is 0.